The van der Waals surface area contributed by atoms with Crippen molar-refractivity contribution in [2.75, 3.05) is 30.6 Å². The van der Waals surface area contributed by atoms with Gasteiger partial charge in [-0.1, -0.05) is 35.4 Å². The summed E-state index contributed by atoms with van der Waals surface area (Å²) in [7, 11) is 3.47. The lowest BCUT2D eigenvalue weighted by Gasteiger charge is -2.44. The lowest BCUT2D eigenvalue weighted by atomic mass is 10.0. The zero-order chi connectivity index (χ0) is 20.8. The van der Waals surface area contributed by atoms with Crippen LogP contribution in [0.2, 0.25) is 0 Å². The van der Waals surface area contributed by atoms with Gasteiger partial charge in [-0.3, -0.25) is 9.80 Å². The van der Waals surface area contributed by atoms with Crippen molar-refractivity contribution in [1.82, 2.24) is 0 Å². The number of ether oxygens (including phenoxy) is 2. The average Bonchev–Trinajstić information content (AvgIpc) is 2.86. The molecule has 0 aliphatic carbocycles. The Balaban J connectivity index is 2.23. The van der Waals surface area contributed by atoms with Crippen molar-refractivity contribution in [3.05, 3.63) is 57.6 Å². The summed E-state index contributed by atoms with van der Waals surface area (Å²) in [5, 5.41) is 0. The SMILES string of the molecule is COC1(OC)N(c2c(C)cc(C)cc2C)CC(C)N1c1c(C)cc(C)cc1C. The fourth-order valence-corrected chi connectivity index (χ4v) is 5.11. The van der Waals surface area contributed by atoms with Crippen LogP contribution in [0.5, 0.6) is 0 Å². The molecule has 1 aliphatic heterocycles. The van der Waals surface area contributed by atoms with Crippen molar-refractivity contribution in [3.63, 3.8) is 0 Å². The smallest absolute Gasteiger partial charge is 0.318 e. The van der Waals surface area contributed by atoms with Gasteiger partial charge in [-0.2, -0.15) is 0 Å². The maximum atomic E-state index is 6.16. The molecule has 2 aromatic carbocycles. The van der Waals surface area contributed by atoms with Gasteiger partial charge < -0.3 is 9.47 Å². The van der Waals surface area contributed by atoms with Crippen molar-refractivity contribution >= 4 is 11.4 Å². The number of hydrogen-bond acceptors (Lipinski definition) is 4. The zero-order valence-corrected chi connectivity index (χ0v) is 18.8. The van der Waals surface area contributed by atoms with Crippen LogP contribution in [0.4, 0.5) is 11.4 Å². The Hall–Kier alpha value is -2.04. The summed E-state index contributed by atoms with van der Waals surface area (Å²) >= 11 is 0. The standard InChI is InChI=1S/C24H34N2O2/c1-15-10-17(3)22(18(4)11-15)25-14-21(7)26(24(25,27-8)28-9)23-19(5)12-16(2)13-20(23)6/h10-13,21H,14H2,1-9H3. The van der Waals surface area contributed by atoms with Gasteiger partial charge in [0.25, 0.3) is 0 Å². The van der Waals surface area contributed by atoms with Crippen molar-refractivity contribution in [2.45, 2.75) is 60.5 Å². The van der Waals surface area contributed by atoms with E-state index in [1.807, 2.05) is 0 Å². The van der Waals surface area contributed by atoms with Crippen LogP contribution >= 0.6 is 0 Å². The first-order valence-electron chi connectivity index (χ1n) is 9.99. The van der Waals surface area contributed by atoms with Crippen LogP contribution in [-0.4, -0.2) is 32.8 Å². The van der Waals surface area contributed by atoms with E-state index >= 15 is 0 Å². The van der Waals surface area contributed by atoms with Gasteiger partial charge in [0.05, 0.1) is 6.04 Å². The van der Waals surface area contributed by atoms with Gasteiger partial charge in [0.1, 0.15) is 0 Å². The number of benzene rings is 2. The maximum absolute atomic E-state index is 6.16. The second-order valence-corrected chi connectivity index (χ2v) is 8.28. The Morgan fingerprint density at radius 3 is 1.54 bits per heavy atom. The Morgan fingerprint density at radius 2 is 1.14 bits per heavy atom. The third-order valence-corrected chi connectivity index (χ3v) is 5.85. The van der Waals surface area contributed by atoms with E-state index in [-0.39, 0.29) is 6.04 Å². The molecule has 4 heteroatoms. The van der Waals surface area contributed by atoms with Gasteiger partial charge in [-0.25, -0.2) is 0 Å². The van der Waals surface area contributed by atoms with Gasteiger partial charge in [0.2, 0.25) is 0 Å². The summed E-state index contributed by atoms with van der Waals surface area (Å²) in [5.74, 6) is 0. The molecule has 1 aliphatic rings. The predicted octanol–water partition coefficient (Wildman–Crippen LogP) is 5.16. The fraction of sp³-hybridized carbons (Fsp3) is 0.500. The largest absolute Gasteiger partial charge is 0.343 e. The molecular formula is C24H34N2O2. The van der Waals surface area contributed by atoms with Gasteiger partial charge in [0, 0.05) is 32.1 Å². The molecule has 1 fully saturated rings. The van der Waals surface area contributed by atoms with E-state index in [9.17, 15) is 0 Å². The van der Waals surface area contributed by atoms with Crippen LogP contribution < -0.4 is 9.80 Å². The highest BCUT2D eigenvalue weighted by Crippen LogP contribution is 2.44. The summed E-state index contributed by atoms with van der Waals surface area (Å²) in [4.78, 5) is 4.58. The highest BCUT2D eigenvalue weighted by molar-refractivity contribution is 5.69. The Morgan fingerprint density at radius 1 is 0.750 bits per heavy atom. The first kappa shape index (κ1) is 20.7. The van der Waals surface area contributed by atoms with E-state index in [1.54, 1.807) is 14.2 Å². The van der Waals surface area contributed by atoms with Crippen LogP contribution in [0.15, 0.2) is 24.3 Å². The molecule has 4 nitrogen and oxygen atoms in total. The summed E-state index contributed by atoms with van der Waals surface area (Å²) in [6, 6.07) is 8.16. The van der Waals surface area contributed by atoms with E-state index in [4.69, 9.17) is 9.47 Å². The second-order valence-electron chi connectivity index (χ2n) is 8.28. The van der Waals surface area contributed by atoms with Crippen LogP contribution in [0, 0.1) is 41.5 Å². The fourth-order valence-electron chi connectivity index (χ4n) is 5.11. The Labute approximate surface area is 170 Å². The lowest BCUT2D eigenvalue weighted by molar-refractivity contribution is -0.195. The quantitative estimate of drug-likeness (QED) is 0.682. The molecule has 2 aromatic rings. The van der Waals surface area contributed by atoms with Gasteiger partial charge in [0.15, 0.2) is 0 Å². The van der Waals surface area contributed by atoms with E-state index in [1.165, 1.54) is 44.8 Å². The monoisotopic (exact) mass is 382 g/mol. The van der Waals surface area contributed by atoms with Crippen LogP contribution in [0.25, 0.3) is 0 Å². The van der Waals surface area contributed by atoms with Crippen molar-refractivity contribution in [2.24, 2.45) is 0 Å². The van der Waals surface area contributed by atoms with Crippen molar-refractivity contribution in [1.29, 1.82) is 0 Å². The molecule has 0 bridgehead atoms. The number of rotatable bonds is 4. The Bertz CT molecular complexity index is 840. The summed E-state index contributed by atoms with van der Waals surface area (Å²) in [6.07, 6.45) is 0. The highest BCUT2D eigenvalue weighted by Gasteiger charge is 2.54. The molecule has 0 amide bonds. The molecule has 1 saturated heterocycles. The zero-order valence-electron chi connectivity index (χ0n) is 18.8. The van der Waals surface area contributed by atoms with E-state index < -0.39 is 6.03 Å². The van der Waals surface area contributed by atoms with Crippen LogP contribution in [0.3, 0.4) is 0 Å². The summed E-state index contributed by atoms with van der Waals surface area (Å²) in [5.41, 5.74) is 9.87. The number of aryl methyl sites for hydroxylation is 6. The van der Waals surface area contributed by atoms with Gasteiger partial charge in [-0.05, 0) is 70.7 Å². The number of anilines is 2. The van der Waals surface area contributed by atoms with Crippen molar-refractivity contribution < 1.29 is 9.47 Å². The highest BCUT2D eigenvalue weighted by atomic mass is 16.7. The predicted molar refractivity (Wildman–Crippen MR) is 117 cm³/mol. The summed E-state index contributed by atoms with van der Waals surface area (Å²) in [6.45, 7) is 16.0. The molecule has 0 saturated carbocycles. The number of hydrogen-bond donors (Lipinski definition) is 0. The average molecular weight is 383 g/mol. The minimum absolute atomic E-state index is 0.222. The molecule has 1 heterocycles. The second kappa shape index (κ2) is 7.41. The molecule has 0 spiro atoms. The topological polar surface area (TPSA) is 24.9 Å². The van der Waals surface area contributed by atoms with Crippen LogP contribution in [0.1, 0.15) is 40.3 Å². The molecule has 152 valence electrons. The van der Waals surface area contributed by atoms with E-state index in [2.05, 4.69) is 82.5 Å². The molecule has 1 unspecified atom stereocenters. The molecule has 28 heavy (non-hydrogen) atoms. The minimum atomic E-state index is -0.991. The molecule has 3 rings (SSSR count). The summed E-state index contributed by atoms with van der Waals surface area (Å²) < 4.78 is 12.3. The maximum Gasteiger partial charge on any atom is 0.343 e. The van der Waals surface area contributed by atoms with E-state index in [0.717, 1.165) is 6.54 Å². The Kier molecular flexibility index (Phi) is 5.48. The first-order chi connectivity index (χ1) is 13.2. The molecule has 0 radical (unpaired) electrons. The lowest BCUT2D eigenvalue weighted by Crippen LogP contribution is -2.58. The third kappa shape index (κ3) is 3.09. The molecule has 1 atom stereocenters. The molecule has 0 aromatic heterocycles. The normalized spacial score (nSPS) is 18.8. The number of nitrogens with zero attached hydrogens (tertiary/aromatic N) is 2. The minimum Gasteiger partial charge on any atom is -0.318 e. The van der Waals surface area contributed by atoms with Crippen molar-refractivity contribution in [3.8, 4) is 0 Å². The number of methoxy groups -OCH3 is 2. The van der Waals surface area contributed by atoms with Gasteiger partial charge in [-0.15, -0.1) is 0 Å². The molecule has 0 N–H and O–H groups in total. The first-order valence-corrected chi connectivity index (χ1v) is 9.99. The van der Waals surface area contributed by atoms with Crippen LogP contribution in [-0.2, 0) is 9.47 Å². The third-order valence-electron chi connectivity index (χ3n) is 5.85. The van der Waals surface area contributed by atoms with Gasteiger partial charge >= 0.3 is 6.03 Å². The van der Waals surface area contributed by atoms with E-state index in [0.29, 0.717) is 0 Å². The molecular weight excluding hydrogens is 348 g/mol.